The Labute approximate surface area is 168 Å². The normalized spacial score (nSPS) is 11.0. The number of carbonyl (C=O) groups excluding carboxylic acids is 1. The molecule has 0 saturated carbocycles. The van der Waals surface area contributed by atoms with Crippen LogP contribution in [0.15, 0.2) is 58.0 Å². The molecule has 0 aliphatic rings. The third-order valence-electron chi connectivity index (χ3n) is 3.89. The Balaban J connectivity index is 1.69. The molecule has 2 aromatic carbocycles. The van der Waals surface area contributed by atoms with Gasteiger partial charge < -0.3 is 20.7 Å². The highest BCUT2D eigenvalue weighted by Gasteiger charge is 2.05. The lowest BCUT2D eigenvalue weighted by molar-refractivity contribution is 0.0954. The van der Waals surface area contributed by atoms with E-state index in [1.807, 2.05) is 36.4 Å². The fraction of sp³-hybridized carbons (Fsp3) is 0.300. The zero-order valence-corrected chi connectivity index (χ0v) is 17.2. The number of aliphatic imine (C=N–C) groups is 1. The van der Waals surface area contributed by atoms with Crippen molar-refractivity contribution in [3.63, 3.8) is 0 Å². The molecule has 0 fully saturated rings. The minimum absolute atomic E-state index is 0.0998. The number of guanidine groups is 1. The van der Waals surface area contributed by atoms with Gasteiger partial charge in [0.2, 0.25) is 0 Å². The zero-order chi connectivity index (χ0) is 19.5. The predicted molar refractivity (Wildman–Crippen MR) is 113 cm³/mol. The molecular formula is C20H25BrN4O2. The van der Waals surface area contributed by atoms with E-state index >= 15 is 0 Å². The molecule has 0 bridgehead atoms. The van der Waals surface area contributed by atoms with Gasteiger partial charge in [-0.05, 0) is 36.2 Å². The smallest absolute Gasteiger partial charge is 0.251 e. The molecule has 0 radical (unpaired) electrons. The van der Waals surface area contributed by atoms with Crippen LogP contribution in [0.4, 0.5) is 0 Å². The second kappa shape index (κ2) is 11.2. The molecule has 0 spiro atoms. The Bertz CT molecular complexity index is 780. The van der Waals surface area contributed by atoms with E-state index in [9.17, 15) is 4.79 Å². The van der Waals surface area contributed by atoms with Crippen molar-refractivity contribution >= 4 is 27.8 Å². The molecule has 2 rings (SSSR count). The first kappa shape index (κ1) is 20.8. The maximum absolute atomic E-state index is 12.1. The average Bonchev–Trinajstić information content (AvgIpc) is 2.69. The number of methoxy groups -OCH3 is 1. The molecule has 0 aliphatic heterocycles. The van der Waals surface area contributed by atoms with Gasteiger partial charge in [-0.2, -0.15) is 0 Å². The highest BCUT2D eigenvalue weighted by Crippen LogP contribution is 2.17. The van der Waals surface area contributed by atoms with Gasteiger partial charge in [-0.25, -0.2) is 0 Å². The number of nitrogens with one attached hydrogen (secondary N) is 3. The van der Waals surface area contributed by atoms with Gasteiger partial charge in [-0.15, -0.1) is 0 Å². The second-order valence-corrected chi connectivity index (χ2v) is 6.67. The van der Waals surface area contributed by atoms with Crippen LogP contribution in [-0.2, 0) is 6.42 Å². The van der Waals surface area contributed by atoms with Crippen LogP contribution in [0.1, 0.15) is 15.9 Å². The highest BCUT2D eigenvalue weighted by atomic mass is 79.9. The van der Waals surface area contributed by atoms with E-state index in [1.165, 1.54) is 0 Å². The van der Waals surface area contributed by atoms with Crippen molar-refractivity contribution in [3.05, 3.63) is 64.1 Å². The van der Waals surface area contributed by atoms with Crippen LogP contribution < -0.4 is 20.7 Å². The van der Waals surface area contributed by atoms with Gasteiger partial charge in [0.15, 0.2) is 5.96 Å². The molecule has 144 valence electrons. The number of hydrogen-bond acceptors (Lipinski definition) is 3. The Morgan fingerprint density at radius 2 is 1.78 bits per heavy atom. The molecular weight excluding hydrogens is 408 g/mol. The molecule has 0 heterocycles. The van der Waals surface area contributed by atoms with Crippen LogP contribution in [0.25, 0.3) is 0 Å². The summed E-state index contributed by atoms with van der Waals surface area (Å²) < 4.78 is 6.24. The topological polar surface area (TPSA) is 74.8 Å². The summed E-state index contributed by atoms with van der Waals surface area (Å²) in [7, 11) is 3.40. The number of para-hydroxylation sites is 1. The minimum atomic E-state index is -0.0998. The van der Waals surface area contributed by atoms with Crippen LogP contribution in [0.3, 0.4) is 0 Å². The number of rotatable bonds is 8. The summed E-state index contributed by atoms with van der Waals surface area (Å²) in [6, 6.07) is 15.3. The summed E-state index contributed by atoms with van der Waals surface area (Å²) in [4.78, 5) is 16.3. The van der Waals surface area contributed by atoms with Gasteiger partial charge in [-0.3, -0.25) is 9.79 Å². The molecule has 27 heavy (non-hydrogen) atoms. The third-order valence-corrected chi connectivity index (χ3v) is 4.39. The van der Waals surface area contributed by atoms with Gasteiger partial charge in [0.05, 0.1) is 7.11 Å². The summed E-state index contributed by atoms with van der Waals surface area (Å²) in [5.41, 5.74) is 1.77. The Morgan fingerprint density at radius 3 is 2.52 bits per heavy atom. The Kier molecular flexibility index (Phi) is 8.64. The van der Waals surface area contributed by atoms with E-state index < -0.39 is 0 Å². The van der Waals surface area contributed by atoms with E-state index in [1.54, 1.807) is 26.3 Å². The quantitative estimate of drug-likeness (QED) is 0.340. The van der Waals surface area contributed by atoms with Crippen molar-refractivity contribution in [1.82, 2.24) is 16.0 Å². The monoisotopic (exact) mass is 432 g/mol. The van der Waals surface area contributed by atoms with Crippen LogP contribution >= 0.6 is 15.9 Å². The highest BCUT2D eigenvalue weighted by molar-refractivity contribution is 9.10. The number of hydrogen-bond donors (Lipinski definition) is 3. The van der Waals surface area contributed by atoms with E-state index in [0.29, 0.717) is 24.6 Å². The minimum Gasteiger partial charge on any atom is -0.496 e. The van der Waals surface area contributed by atoms with Crippen molar-refractivity contribution in [2.24, 2.45) is 4.99 Å². The number of benzene rings is 2. The lowest BCUT2D eigenvalue weighted by Gasteiger charge is -2.13. The maximum atomic E-state index is 12.1. The van der Waals surface area contributed by atoms with Crippen molar-refractivity contribution in [3.8, 4) is 5.75 Å². The van der Waals surface area contributed by atoms with Crippen molar-refractivity contribution in [1.29, 1.82) is 0 Å². The van der Waals surface area contributed by atoms with Gasteiger partial charge >= 0.3 is 0 Å². The zero-order valence-electron chi connectivity index (χ0n) is 15.6. The summed E-state index contributed by atoms with van der Waals surface area (Å²) in [6.07, 6.45) is 0.824. The summed E-state index contributed by atoms with van der Waals surface area (Å²) in [6.45, 7) is 1.80. The molecule has 6 nitrogen and oxygen atoms in total. The predicted octanol–water partition coefficient (Wildman–Crippen LogP) is 2.60. The van der Waals surface area contributed by atoms with Crippen molar-refractivity contribution < 1.29 is 9.53 Å². The third kappa shape index (κ3) is 6.94. The maximum Gasteiger partial charge on any atom is 0.251 e. The molecule has 0 atom stereocenters. The first-order valence-corrected chi connectivity index (χ1v) is 9.53. The molecule has 7 heteroatoms. The van der Waals surface area contributed by atoms with Crippen LogP contribution in [0.5, 0.6) is 5.75 Å². The number of ether oxygens (including phenoxy) is 1. The fourth-order valence-corrected chi connectivity index (χ4v) is 2.93. The number of nitrogens with zero attached hydrogens (tertiary/aromatic N) is 1. The Hall–Kier alpha value is -2.54. The average molecular weight is 433 g/mol. The fourth-order valence-electron chi connectivity index (χ4n) is 2.53. The van der Waals surface area contributed by atoms with Crippen LogP contribution in [0.2, 0.25) is 0 Å². The van der Waals surface area contributed by atoms with Gasteiger partial charge in [0, 0.05) is 36.7 Å². The van der Waals surface area contributed by atoms with E-state index in [4.69, 9.17) is 4.74 Å². The van der Waals surface area contributed by atoms with Gasteiger partial charge in [0.25, 0.3) is 5.91 Å². The lowest BCUT2D eigenvalue weighted by Crippen LogP contribution is -2.42. The number of amides is 1. The summed E-state index contributed by atoms with van der Waals surface area (Å²) >= 11 is 3.37. The molecule has 0 aromatic heterocycles. The largest absolute Gasteiger partial charge is 0.496 e. The molecule has 0 unspecified atom stereocenters. The van der Waals surface area contributed by atoms with E-state index in [2.05, 4.69) is 36.9 Å². The first-order valence-electron chi connectivity index (χ1n) is 8.74. The van der Waals surface area contributed by atoms with Gasteiger partial charge in [0.1, 0.15) is 5.75 Å². The number of halogens is 1. The molecule has 2 aromatic rings. The molecule has 0 aliphatic carbocycles. The number of carbonyl (C=O) groups is 1. The Morgan fingerprint density at radius 1 is 1.04 bits per heavy atom. The van der Waals surface area contributed by atoms with Crippen LogP contribution in [-0.4, -0.2) is 45.7 Å². The standard InChI is InChI=1S/C20H25BrN4O2/c1-22-20(24-11-10-15-6-3-4-9-18(15)27-2)25-13-12-23-19(26)16-7-5-8-17(21)14-16/h3-9,14H,10-13H2,1-2H3,(H,23,26)(H2,22,24,25). The summed E-state index contributed by atoms with van der Waals surface area (Å²) in [5.74, 6) is 1.48. The molecule has 1 amide bonds. The molecule has 3 N–H and O–H groups in total. The van der Waals surface area contributed by atoms with Crippen molar-refractivity contribution in [2.75, 3.05) is 33.8 Å². The molecule has 0 saturated heterocycles. The van der Waals surface area contributed by atoms with Crippen LogP contribution in [0, 0.1) is 0 Å². The second-order valence-electron chi connectivity index (χ2n) is 5.75. The first-order chi connectivity index (χ1) is 13.1. The van der Waals surface area contributed by atoms with E-state index in [0.717, 1.165) is 28.8 Å². The lowest BCUT2D eigenvalue weighted by atomic mass is 10.1. The van der Waals surface area contributed by atoms with Gasteiger partial charge in [-0.1, -0.05) is 40.2 Å². The van der Waals surface area contributed by atoms with E-state index in [-0.39, 0.29) is 5.91 Å². The summed E-state index contributed by atoms with van der Waals surface area (Å²) in [5, 5.41) is 9.33. The van der Waals surface area contributed by atoms with Crippen molar-refractivity contribution in [2.45, 2.75) is 6.42 Å². The SMILES string of the molecule is CN=C(NCCNC(=O)c1cccc(Br)c1)NCCc1ccccc1OC.